The molecule has 0 saturated carbocycles. The van der Waals surface area contributed by atoms with Crippen molar-refractivity contribution in [2.75, 3.05) is 4.90 Å². The lowest BCUT2D eigenvalue weighted by molar-refractivity contribution is -0.118. The number of anilines is 1. The van der Waals surface area contributed by atoms with Crippen LogP contribution in [0.25, 0.3) is 6.08 Å². The Hall–Kier alpha value is -3.38. The van der Waals surface area contributed by atoms with Crippen molar-refractivity contribution in [1.29, 1.82) is 0 Å². The summed E-state index contributed by atoms with van der Waals surface area (Å²) >= 11 is 3.45. The van der Waals surface area contributed by atoms with Crippen molar-refractivity contribution in [3.63, 3.8) is 0 Å². The summed E-state index contributed by atoms with van der Waals surface area (Å²) in [5, 5.41) is 0. The molecule has 34 heavy (non-hydrogen) atoms. The molecule has 168 valence electrons. The summed E-state index contributed by atoms with van der Waals surface area (Å²) in [4.78, 5) is 43.6. The molecule has 3 aromatic rings. The highest BCUT2D eigenvalue weighted by Crippen LogP contribution is 2.60. The zero-order valence-corrected chi connectivity index (χ0v) is 19.8. The Labute approximate surface area is 204 Å². The summed E-state index contributed by atoms with van der Waals surface area (Å²) in [5.41, 5.74) is 1.27. The molecule has 0 amide bonds. The van der Waals surface area contributed by atoms with Crippen molar-refractivity contribution in [3.05, 3.63) is 105 Å². The van der Waals surface area contributed by atoms with E-state index in [0.717, 1.165) is 10.0 Å². The standard InChI is InChI=1S/C28H19BrFNO3/c1-15(32)25-24(16-6-9-18(29)10-7-16)28(26(33)20-4-2-3-5-21(20)27(28)34)23-13-8-17-14-19(30)11-12-22(17)31(23)25/h2-14,23-25H,1H3/t23-,24-,25-/m1/s1. The molecule has 1 spiro atoms. The number of nitrogens with zero attached hydrogens (tertiary/aromatic N) is 1. The van der Waals surface area contributed by atoms with Gasteiger partial charge in [0.1, 0.15) is 11.2 Å². The smallest absolute Gasteiger partial charge is 0.180 e. The molecular weight excluding hydrogens is 497 g/mol. The van der Waals surface area contributed by atoms with Crippen LogP contribution in [0.5, 0.6) is 0 Å². The Morgan fingerprint density at radius 2 is 1.62 bits per heavy atom. The number of hydrogen-bond donors (Lipinski definition) is 0. The second-order valence-corrected chi connectivity index (χ2v) is 9.99. The number of Topliss-reactive ketones (excluding diaryl/α,β-unsaturated/α-hetero) is 3. The maximum atomic E-state index is 14.2. The van der Waals surface area contributed by atoms with Gasteiger partial charge in [-0.1, -0.05) is 64.5 Å². The number of halogens is 2. The molecule has 1 saturated heterocycles. The second kappa shape index (κ2) is 7.31. The van der Waals surface area contributed by atoms with Gasteiger partial charge in [-0.15, -0.1) is 0 Å². The van der Waals surface area contributed by atoms with Crippen LogP contribution in [0.1, 0.15) is 44.7 Å². The van der Waals surface area contributed by atoms with Crippen LogP contribution in [0.4, 0.5) is 10.1 Å². The normalized spacial score (nSPS) is 23.7. The number of hydrogen-bond acceptors (Lipinski definition) is 4. The Kier molecular flexibility index (Phi) is 4.55. The van der Waals surface area contributed by atoms with E-state index in [9.17, 15) is 18.8 Å². The third-order valence-electron chi connectivity index (χ3n) is 7.41. The summed E-state index contributed by atoms with van der Waals surface area (Å²) in [6.45, 7) is 1.49. The quantitative estimate of drug-likeness (QED) is 0.416. The summed E-state index contributed by atoms with van der Waals surface area (Å²) < 4.78 is 14.9. The first-order valence-corrected chi connectivity index (χ1v) is 11.9. The predicted molar refractivity (Wildman–Crippen MR) is 131 cm³/mol. The zero-order valence-electron chi connectivity index (χ0n) is 18.2. The lowest BCUT2D eigenvalue weighted by Crippen LogP contribution is -2.48. The molecule has 1 aliphatic carbocycles. The molecule has 2 aliphatic heterocycles. The molecule has 2 heterocycles. The van der Waals surface area contributed by atoms with Crippen molar-refractivity contribution in [2.45, 2.75) is 24.9 Å². The third-order valence-corrected chi connectivity index (χ3v) is 7.94. The Balaban J connectivity index is 1.68. The highest BCUT2D eigenvalue weighted by molar-refractivity contribution is 9.10. The first-order chi connectivity index (χ1) is 16.4. The Morgan fingerprint density at radius 3 is 2.24 bits per heavy atom. The molecule has 6 heteroatoms. The number of benzene rings is 3. The number of fused-ring (bicyclic) bond motifs is 5. The molecule has 4 nitrogen and oxygen atoms in total. The predicted octanol–water partition coefficient (Wildman–Crippen LogP) is 5.61. The van der Waals surface area contributed by atoms with Gasteiger partial charge in [-0.05, 0) is 42.8 Å². The summed E-state index contributed by atoms with van der Waals surface area (Å²) in [6, 6.07) is 17.2. The van der Waals surface area contributed by atoms with Crippen molar-refractivity contribution >= 4 is 45.0 Å². The Bertz CT molecular complexity index is 1390. The average molecular weight is 516 g/mol. The summed E-state index contributed by atoms with van der Waals surface area (Å²) in [7, 11) is 0. The average Bonchev–Trinajstić information content (AvgIpc) is 3.26. The fraction of sp³-hybridized carbons (Fsp3) is 0.179. The van der Waals surface area contributed by atoms with E-state index in [1.165, 1.54) is 19.1 Å². The highest BCUT2D eigenvalue weighted by Gasteiger charge is 2.71. The van der Waals surface area contributed by atoms with Crippen LogP contribution in [0.3, 0.4) is 0 Å². The molecule has 0 aromatic heterocycles. The van der Waals surface area contributed by atoms with Crippen molar-refractivity contribution < 1.29 is 18.8 Å². The van der Waals surface area contributed by atoms with E-state index in [2.05, 4.69) is 15.9 Å². The van der Waals surface area contributed by atoms with E-state index in [1.807, 2.05) is 29.2 Å². The van der Waals surface area contributed by atoms with Gasteiger partial charge in [0.15, 0.2) is 17.3 Å². The lowest BCUT2D eigenvalue weighted by Gasteiger charge is -2.37. The van der Waals surface area contributed by atoms with Crippen LogP contribution in [0, 0.1) is 11.2 Å². The fourth-order valence-corrected chi connectivity index (χ4v) is 6.41. The minimum absolute atomic E-state index is 0.156. The van der Waals surface area contributed by atoms with Crippen LogP contribution in [-0.2, 0) is 4.79 Å². The van der Waals surface area contributed by atoms with Gasteiger partial charge in [0.2, 0.25) is 0 Å². The van der Waals surface area contributed by atoms with E-state index < -0.39 is 23.4 Å². The van der Waals surface area contributed by atoms with E-state index in [1.54, 1.807) is 42.5 Å². The largest absolute Gasteiger partial charge is 0.352 e. The minimum Gasteiger partial charge on any atom is -0.352 e. The maximum Gasteiger partial charge on any atom is 0.180 e. The van der Waals surface area contributed by atoms with Crippen molar-refractivity contribution in [3.8, 4) is 0 Å². The van der Waals surface area contributed by atoms with Crippen LogP contribution in [0.2, 0.25) is 0 Å². The molecule has 0 unspecified atom stereocenters. The van der Waals surface area contributed by atoms with Crippen LogP contribution < -0.4 is 4.90 Å². The molecule has 0 radical (unpaired) electrons. The third kappa shape index (κ3) is 2.60. The highest BCUT2D eigenvalue weighted by atomic mass is 79.9. The maximum absolute atomic E-state index is 14.2. The van der Waals surface area contributed by atoms with Gasteiger partial charge in [0.25, 0.3) is 0 Å². The molecule has 0 bridgehead atoms. The minimum atomic E-state index is -1.50. The lowest BCUT2D eigenvalue weighted by atomic mass is 9.64. The molecule has 1 fully saturated rings. The first kappa shape index (κ1) is 21.2. The van der Waals surface area contributed by atoms with E-state index in [4.69, 9.17) is 0 Å². The first-order valence-electron chi connectivity index (χ1n) is 11.1. The van der Waals surface area contributed by atoms with Gasteiger partial charge in [-0.3, -0.25) is 14.4 Å². The number of carbonyl (C=O) groups excluding carboxylic acids is 3. The zero-order chi connectivity index (χ0) is 23.8. The van der Waals surface area contributed by atoms with Crippen molar-refractivity contribution in [1.82, 2.24) is 0 Å². The van der Waals surface area contributed by atoms with Gasteiger partial charge < -0.3 is 4.90 Å². The van der Waals surface area contributed by atoms with Gasteiger partial charge in [0, 0.05) is 32.8 Å². The van der Waals surface area contributed by atoms with Gasteiger partial charge in [-0.25, -0.2) is 4.39 Å². The molecule has 3 aliphatic rings. The fourth-order valence-electron chi connectivity index (χ4n) is 6.14. The second-order valence-electron chi connectivity index (χ2n) is 9.07. The van der Waals surface area contributed by atoms with Crippen molar-refractivity contribution in [2.24, 2.45) is 5.41 Å². The molecule has 3 aromatic carbocycles. The van der Waals surface area contributed by atoms with E-state index in [0.29, 0.717) is 22.4 Å². The SMILES string of the molecule is CC(=O)[C@@H]1[C@@H](c2ccc(Br)cc2)C2(C(=O)c3ccccc3C2=O)[C@H]2C=Cc3cc(F)ccc3N12. The van der Waals surface area contributed by atoms with Gasteiger partial charge in [0.05, 0.1) is 12.1 Å². The number of carbonyl (C=O) groups is 3. The van der Waals surface area contributed by atoms with Crippen LogP contribution in [-0.4, -0.2) is 29.4 Å². The number of ketones is 3. The molecule has 3 atom stereocenters. The van der Waals surface area contributed by atoms with Gasteiger partial charge in [-0.2, -0.15) is 0 Å². The summed E-state index contributed by atoms with van der Waals surface area (Å²) in [5.74, 6) is -1.79. The van der Waals surface area contributed by atoms with Gasteiger partial charge >= 0.3 is 0 Å². The molecular formula is C28H19BrFNO3. The molecule has 6 rings (SSSR count). The van der Waals surface area contributed by atoms with E-state index >= 15 is 0 Å². The number of rotatable bonds is 2. The molecule has 0 N–H and O–H groups in total. The van der Waals surface area contributed by atoms with Crippen LogP contribution >= 0.6 is 15.9 Å². The monoisotopic (exact) mass is 515 g/mol. The summed E-state index contributed by atoms with van der Waals surface area (Å²) in [6.07, 6.45) is 3.55. The van der Waals surface area contributed by atoms with Crippen LogP contribution in [0.15, 0.2) is 77.3 Å². The Morgan fingerprint density at radius 1 is 0.971 bits per heavy atom. The van der Waals surface area contributed by atoms with E-state index in [-0.39, 0.29) is 23.2 Å². The topological polar surface area (TPSA) is 54.5 Å².